The second-order valence-electron chi connectivity index (χ2n) is 12.6. The molecule has 0 aliphatic carbocycles. The zero-order valence-corrected chi connectivity index (χ0v) is 29.0. The quantitative estimate of drug-likeness (QED) is 0.221. The number of alkyl halides is 1. The molecule has 7 nitrogen and oxygen atoms in total. The Morgan fingerprint density at radius 3 is 2.40 bits per heavy atom. The molecule has 3 heterocycles. The number of fused-ring (bicyclic) bond motifs is 1. The number of amides is 3. The minimum absolute atomic E-state index is 0.0595. The van der Waals surface area contributed by atoms with E-state index >= 15 is 4.79 Å². The lowest BCUT2D eigenvalue weighted by molar-refractivity contribution is -0.143. The van der Waals surface area contributed by atoms with E-state index in [0.29, 0.717) is 13.0 Å². The molecular formula is C36H44BrN3O4S. The molecule has 2 bridgehead atoms. The highest BCUT2D eigenvalue weighted by molar-refractivity contribution is 9.09. The second kappa shape index (κ2) is 13.5. The Kier molecular flexibility index (Phi) is 10.0. The first-order chi connectivity index (χ1) is 21.6. The smallest absolute Gasteiger partial charge is 0.251 e. The number of para-hydroxylation sites is 1. The van der Waals surface area contributed by atoms with E-state index in [1.54, 1.807) is 38.6 Å². The number of thioether (sulfide) groups is 1. The summed E-state index contributed by atoms with van der Waals surface area (Å²) in [5, 5.41) is 10.6. The number of nitrogens with zero attached hydrogens (tertiary/aromatic N) is 3. The van der Waals surface area contributed by atoms with E-state index in [1.807, 2.05) is 76.2 Å². The lowest BCUT2D eigenvalue weighted by Gasteiger charge is -2.41. The van der Waals surface area contributed by atoms with Crippen LogP contribution in [-0.4, -0.2) is 74.3 Å². The van der Waals surface area contributed by atoms with Crippen LogP contribution in [0.25, 0.3) is 0 Å². The predicted octanol–water partition coefficient (Wildman–Crippen LogP) is 5.91. The van der Waals surface area contributed by atoms with E-state index in [1.165, 1.54) is 0 Å². The summed E-state index contributed by atoms with van der Waals surface area (Å²) in [5.74, 6) is -1.97. The standard InChI is InChI=1S/C36H44BrN3O4S/c1-7-17-38(25-13-11-10-12-14-25)33(42)29-30-34(43)40(28(21-41)23(5)9-3)32(36(30)20-26(37)31(29)45-36)35(44)39(18-8-2)27-19-22(4)15-16-24(27)6/h7-8,10-16,19,23,26,28-32,41H,1-2,9,17-18,20-21H2,3-6H3/t23-,26?,28-,29-,30-,31-,32?,36?/m0/s1. The van der Waals surface area contributed by atoms with Crippen molar-refractivity contribution in [3.63, 3.8) is 0 Å². The summed E-state index contributed by atoms with van der Waals surface area (Å²) in [6.45, 7) is 16.2. The molecule has 5 rings (SSSR count). The number of anilines is 2. The van der Waals surface area contributed by atoms with Crippen molar-refractivity contribution in [1.29, 1.82) is 0 Å². The van der Waals surface area contributed by atoms with Gasteiger partial charge in [-0.15, -0.1) is 24.9 Å². The summed E-state index contributed by atoms with van der Waals surface area (Å²) in [4.78, 5) is 49.7. The minimum atomic E-state index is -0.863. The monoisotopic (exact) mass is 693 g/mol. The number of hydrogen-bond donors (Lipinski definition) is 1. The van der Waals surface area contributed by atoms with Crippen molar-refractivity contribution in [3.8, 4) is 0 Å². The van der Waals surface area contributed by atoms with E-state index in [9.17, 15) is 14.7 Å². The Labute approximate surface area is 279 Å². The molecule has 2 aromatic carbocycles. The van der Waals surface area contributed by atoms with Gasteiger partial charge in [0.05, 0.1) is 29.2 Å². The first-order valence-corrected chi connectivity index (χ1v) is 17.6. The Morgan fingerprint density at radius 1 is 1.11 bits per heavy atom. The molecule has 1 N–H and O–H groups in total. The zero-order valence-electron chi connectivity index (χ0n) is 26.6. The van der Waals surface area contributed by atoms with Gasteiger partial charge in [-0.25, -0.2) is 0 Å². The van der Waals surface area contributed by atoms with Gasteiger partial charge in [0.2, 0.25) is 11.8 Å². The van der Waals surface area contributed by atoms with Crippen LogP contribution < -0.4 is 9.80 Å². The lowest BCUT2D eigenvalue weighted by atomic mass is 9.70. The minimum Gasteiger partial charge on any atom is -0.394 e. The number of aliphatic hydroxyl groups is 1. The number of aryl methyl sites for hydroxylation is 2. The number of carbonyl (C=O) groups excluding carboxylic acids is 3. The van der Waals surface area contributed by atoms with Crippen LogP contribution in [0.1, 0.15) is 37.8 Å². The average Bonchev–Trinajstić information content (AvgIpc) is 3.63. The number of hydrogen-bond acceptors (Lipinski definition) is 5. The van der Waals surface area contributed by atoms with Crippen LogP contribution in [0.5, 0.6) is 0 Å². The average molecular weight is 695 g/mol. The Balaban J connectivity index is 1.66. The first-order valence-electron chi connectivity index (χ1n) is 15.8. The molecular weight excluding hydrogens is 650 g/mol. The molecule has 3 aliphatic rings. The molecule has 240 valence electrons. The van der Waals surface area contributed by atoms with Crippen molar-refractivity contribution in [2.24, 2.45) is 17.8 Å². The maximum atomic E-state index is 15.1. The Hall–Kier alpha value is -2.88. The van der Waals surface area contributed by atoms with Crippen molar-refractivity contribution >= 4 is 56.8 Å². The van der Waals surface area contributed by atoms with E-state index in [0.717, 1.165) is 28.9 Å². The van der Waals surface area contributed by atoms with Gasteiger partial charge in [0.1, 0.15) is 6.04 Å². The van der Waals surface area contributed by atoms with Crippen LogP contribution >= 0.6 is 27.7 Å². The maximum Gasteiger partial charge on any atom is 0.251 e. The van der Waals surface area contributed by atoms with Crippen molar-refractivity contribution in [2.45, 2.75) is 67.4 Å². The number of carbonyl (C=O) groups is 3. The predicted molar refractivity (Wildman–Crippen MR) is 187 cm³/mol. The molecule has 9 heteroatoms. The van der Waals surface area contributed by atoms with Crippen molar-refractivity contribution in [1.82, 2.24) is 4.90 Å². The summed E-state index contributed by atoms with van der Waals surface area (Å²) in [7, 11) is 0. The Bertz CT molecular complexity index is 1470. The van der Waals surface area contributed by atoms with Gasteiger partial charge in [-0.1, -0.05) is 78.7 Å². The van der Waals surface area contributed by atoms with Gasteiger partial charge in [-0.2, -0.15) is 0 Å². The summed E-state index contributed by atoms with van der Waals surface area (Å²) >= 11 is 5.51. The maximum absolute atomic E-state index is 15.1. The number of aliphatic hydroxyl groups excluding tert-OH is 1. The van der Waals surface area contributed by atoms with Gasteiger partial charge < -0.3 is 19.8 Å². The first kappa shape index (κ1) is 33.5. The van der Waals surface area contributed by atoms with Crippen LogP contribution in [0, 0.1) is 31.6 Å². The molecule has 45 heavy (non-hydrogen) atoms. The number of halogens is 1. The molecule has 3 amide bonds. The largest absolute Gasteiger partial charge is 0.394 e. The van der Waals surface area contributed by atoms with Crippen LogP contribution in [0.4, 0.5) is 11.4 Å². The fourth-order valence-corrected chi connectivity index (χ4v) is 11.2. The number of likely N-dealkylation sites (tertiary alicyclic amines) is 1. The molecule has 8 atom stereocenters. The van der Waals surface area contributed by atoms with Gasteiger partial charge >= 0.3 is 0 Å². The van der Waals surface area contributed by atoms with E-state index < -0.39 is 28.7 Å². The lowest BCUT2D eigenvalue weighted by Crippen LogP contribution is -2.59. The van der Waals surface area contributed by atoms with Gasteiger partial charge in [-0.3, -0.25) is 14.4 Å². The van der Waals surface area contributed by atoms with Gasteiger partial charge in [0, 0.05) is 34.5 Å². The molecule has 2 aromatic rings. The van der Waals surface area contributed by atoms with Crippen molar-refractivity contribution in [3.05, 3.63) is 85.0 Å². The Morgan fingerprint density at radius 2 is 1.78 bits per heavy atom. The fraction of sp³-hybridized carbons (Fsp3) is 0.472. The molecule has 3 saturated heterocycles. The van der Waals surface area contributed by atoms with Gasteiger partial charge in [-0.05, 0) is 55.5 Å². The molecule has 0 radical (unpaired) electrons. The summed E-state index contributed by atoms with van der Waals surface area (Å²) in [6.07, 6.45) is 4.70. The topological polar surface area (TPSA) is 81.2 Å². The summed E-state index contributed by atoms with van der Waals surface area (Å²) in [6, 6.07) is 14.0. The van der Waals surface area contributed by atoms with Crippen molar-refractivity contribution in [2.75, 3.05) is 29.5 Å². The number of benzene rings is 2. The van der Waals surface area contributed by atoms with Crippen LogP contribution in [0.15, 0.2) is 73.8 Å². The molecule has 3 aliphatic heterocycles. The van der Waals surface area contributed by atoms with Gasteiger partial charge in [0.15, 0.2) is 0 Å². The highest BCUT2D eigenvalue weighted by Crippen LogP contribution is 2.68. The fourth-order valence-electron chi connectivity index (χ4n) is 7.63. The molecule has 3 unspecified atom stereocenters. The summed E-state index contributed by atoms with van der Waals surface area (Å²) < 4.78 is -0.845. The molecule has 1 spiro atoms. The molecule has 0 saturated carbocycles. The highest BCUT2D eigenvalue weighted by Gasteiger charge is 2.76. The summed E-state index contributed by atoms with van der Waals surface area (Å²) in [5.41, 5.74) is 3.48. The second-order valence-corrected chi connectivity index (χ2v) is 15.4. The van der Waals surface area contributed by atoms with E-state index in [4.69, 9.17) is 0 Å². The van der Waals surface area contributed by atoms with E-state index in [-0.39, 0.29) is 46.9 Å². The van der Waals surface area contributed by atoms with Gasteiger partial charge in [0.25, 0.3) is 5.91 Å². The highest BCUT2D eigenvalue weighted by atomic mass is 79.9. The normalized spacial score (nSPS) is 28.0. The van der Waals surface area contributed by atoms with Crippen LogP contribution in [-0.2, 0) is 14.4 Å². The van der Waals surface area contributed by atoms with Crippen molar-refractivity contribution < 1.29 is 19.5 Å². The SMILES string of the molecule is C=CCN(C(=O)[C@H]1[C@H]2C(=O)N([C@@H](CO)[C@@H](C)CC)C(C(=O)N(CC=C)c3cc(C)ccc3C)C23CC(Br)[C@@H]1S3)c1ccccc1. The zero-order chi connectivity index (χ0) is 32.6. The molecule has 3 fully saturated rings. The molecule has 0 aromatic heterocycles. The van der Waals surface area contributed by atoms with Crippen LogP contribution in [0.2, 0.25) is 0 Å². The third-order valence-corrected chi connectivity index (χ3v) is 13.2. The number of rotatable bonds is 12. The third-order valence-electron chi connectivity index (χ3n) is 9.97. The van der Waals surface area contributed by atoms with Crippen LogP contribution in [0.3, 0.4) is 0 Å². The third kappa shape index (κ3) is 5.59. The van der Waals surface area contributed by atoms with E-state index in [2.05, 4.69) is 29.1 Å².